The highest BCUT2D eigenvalue weighted by molar-refractivity contribution is 7.23. The molecule has 0 aliphatic rings. The van der Waals surface area contributed by atoms with Gasteiger partial charge in [0, 0.05) is 5.02 Å². The van der Waals surface area contributed by atoms with E-state index in [9.17, 15) is 0 Å². The molecule has 1 N–H and O–H groups in total. The summed E-state index contributed by atoms with van der Waals surface area (Å²) in [6.45, 7) is 0. The van der Waals surface area contributed by atoms with Gasteiger partial charge in [0.1, 0.15) is 10.0 Å². The van der Waals surface area contributed by atoms with Gasteiger partial charge in [-0.05, 0) is 42.5 Å². The number of fused-ring (bicyclic) bond motifs is 2. The second kappa shape index (κ2) is 7.31. The molecule has 5 rings (SSSR count). The smallest absolute Gasteiger partial charge is 0.155 e. The highest BCUT2D eigenvalue weighted by Gasteiger charge is 2.17. The lowest BCUT2D eigenvalue weighted by Gasteiger charge is -2.03. The molecule has 0 fully saturated rings. The lowest BCUT2D eigenvalue weighted by Crippen LogP contribution is -2.06. The average Bonchev–Trinajstić information content (AvgIpc) is 3.32. The Hall–Kier alpha value is -2.80. The number of rotatable bonds is 4. The molecule has 0 saturated carbocycles. The van der Waals surface area contributed by atoms with Gasteiger partial charge >= 0.3 is 0 Å². The normalized spacial score (nSPS) is 11.0. The van der Waals surface area contributed by atoms with Crippen LogP contribution in [0.4, 0.5) is 5.69 Å². The predicted octanol–water partition coefficient (Wildman–Crippen LogP) is 6.42. The Morgan fingerprint density at radius 1 is 0.786 bits per heavy atom. The predicted molar refractivity (Wildman–Crippen MR) is 120 cm³/mol. The summed E-state index contributed by atoms with van der Waals surface area (Å²) in [7, 11) is 0. The zero-order valence-electron chi connectivity index (χ0n) is 14.5. The van der Waals surface area contributed by atoms with Crippen molar-refractivity contribution in [3.63, 3.8) is 0 Å². The summed E-state index contributed by atoms with van der Waals surface area (Å²) in [5, 5.41) is 6.98. The molecule has 0 unspecified atom stereocenters. The maximum Gasteiger partial charge on any atom is 0.155 e. The monoisotopic (exact) mass is 420 g/mol. The second-order valence-electron chi connectivity index (χ2n) is 6.06. The molecule has 5 aromatic rings. The van der Waals surface area contributed by atoms with Crippen LogP contribution in [0.15, 0.2) is 77.9 Å². The summed E-state index contributed by atoms with van der Waals surface area (Å²) in [5.41, 5.74) is 6.56. The Morgan fingerprint density at radius 2 is 1.39 bits per heavy atom. The summed E-state index contributed by atoms with van der Waals surface area (Å²) in [5.74, 6) is 0. The van der Waals surface area contributed by atoms with E-state index in [2.05, 4.69) is 22.7 Å². The number of nitrogens with zero attached hydrogens (tertiary/aromatic N) is 3. The van der Waals surface area contributed by atoms with E-state index in [4.69, 9.17) is 21.6 Å². The maximum atomic E-state index is 6.09. The first-order valence-electron chi connectivity index (χ1n) is 8.57. The Morgan fingerprint density at radius 3 is 1.96 bits per heavy atom. The van der Waals surface area contributed by atoms with Crippen molar-refractivity contribution in [1.82, 2.24) is 9.97 Å². The molecule has 0 aliphatic heterocycles. The van der Waals surface area contributed by atoms with E-state index in [0.29, 0.717) is 5.02 Å². The Bertz CT molecular complexity index is 1180. The lowest BCUT2D eigenvalue weighted by molar-refractivity contribution is 1.30. The van der Waals surface area contributed by atoms with Gasteiger partial charge in [-0.3, -0.25) is 5.43 Å². The number of halogens is 1. The summed E-state index contributed by atoms with van der Waals surface area (Å²) < 4.78 is 2.24. The molecule has 2 aromatic heterocycles. The van der Waals surface area contributed by atoms with Crippen LogP contribution in [0.2, 0.25) is 5.02 Å². The molecule has 0 radical (unpaired) electrons. The first kappa shape index (κ1) is 17.3. The lowest BCUT2D eigenvalue weighted by atomic mass is 10.3. The van der Waals surface area contributed by atoms with Gasteiger partial charge in [0.2, 0.25) is 0 Å². The average molecular weight is 421 g/mol. The van der Waals surface area contributed by atoms with E-state index in [-0.39, 0.29) is 0 Å². The minimum atomic E-state index is 0.654. The highest BCUT2D eigenvalue weighted by atomic mass is 35.5. The molecule has 0 bridgehead atoms. The zero-order valence-corrected chi connectivity index (χ0v) is 16.9. The summed E-state index contributed by atoms with van der Waals surface area (Å²) >= 11 is 9.31. The fraction of sp³-hybridized carbons (Fsp3) is 0. The first-order chi connectivity index (χ1) is 13.8. The van der Waals surface area contributed by atoms with E-state index in [1.165, 1.54) is 0 Å². The summed E-state index contributed by atoms with van der Waals surface area (Å²) in [6.07, 6.45) is 0. The van der Waals surface area contributed by atoms with Crippen molar-refractivity contribution in [3.05, 3.63) is 87.8 Å². The van der Waals surface area contributed by atoms with Crippen LogP contribution in [0, 0.1) is 0 Å². The molecule has 0 saturated heterocycles. The van der Waals surface area contributed by atoms with Gasteiger partial charge < -0.3 is 0 Å². The van der Waals surface area contributed by atoms with E-state index in [1.54, 1.807) is 22.7 Å². The molecule has 28 heavy (non-hydrogen) atoms. The van der Waals surface area contributed by atoms with Crippen molar-refractivity contribution in [2.24, 2.45) is 5.10 Å². The number of anilines is 1. The van der Waals surface area contributed by atoms with Crippen LogP contribution in [0.3, 0.4) is 0 Å². The number of aromatic nitrogens is 2. The molecule has 0 aliphatic carbocycles. The van der Waals surface area contributed by atoms with Crippen molar-refractivity contribution < 1.29 is 0 Å². The van der Waals surface area contributed by atoms with Gasteiger partial charge in [0.15, 0.2) is 5.71 Å². The van der Waals surface area contributed by atoms with Crippen LogP contribution in [0.1, 0.15) is 10.0 Å². The fourth-order valence-electron chi connectivity index (χ4n) is 2.81. The molecule has 0 amide bonds. The van der Waals surface area contributed by atoms with E-state index in [1.807, 2.05) is 60.7 Å². The van der Waals surface area contributed by atoms with Crippen molar-refractivity contribution in [3.8, 4) is 0 Å². The second-order valence-corrected chi connectivity index (χ2v) is 8.55. The fourth-order valence-corrected chi connectivity index (χ4v) is 4.98. The molecule has 136 valence electrons. The molecule has 4 nitrogen and oxygen atoms in total. The van der Waals surface area contributed by atoms with Gasteiger partial charge in [0.05, 0.1) is 26.1 Å². The van der Waals surface area contributed by atoms with Crippen LogP contribution in [0.5, 0.6) is 0 Å². The Balaban J connectivity index is 1.63. The van der Waals surface area contributed by atoms with Gasteiger partial charge in [-0.25, -0.2) is 9.97 Å². The molecule has 0 atom stereocenters. The highest BCUT2D eigenvalue weighted by Crippen LogP contribution is 2.28. The van der Waals surface area contributed by atoms with Crippen molar-refractivity contribution >= 4 is 66.1 Å². The quantitative estimate of drug-likeness (QED) is 0.269. The van der Waals surface area contributed by atoms with Crippen LogP contribution >= 0.6 is 34.3 Å². The zero-order chi connectivity index (χ0) is 18.9. The van der Waals surface area contributed by atoms with Crippen LogP contribution in [0.25, 0.3) is 20.4 Å². The van der Waals surface area contributed by atoms with Crippen LogP contribution in [-0.4, -0.2) is 15.7 Å². The van der Waals surface area contributed by atoms with E-state index >= 15 is 0 Å². The first-order valence-corrected chi connectivity index (χ1v) is 10.6. The van der Waals surface area contributed by atoms with Gasteiger partial charge in [0.25, 0.3) is 0 Å². The SMILES string of the molecule is Clc1cccc(NN=C(c2nc3ccccc3s2)c2nc3ccccc3s2)c1. The van der Waals surface area contributed by atoms with E-state index < -0.39 is 0 Å². The molecule has 3 aromatic carbocycles. The van der Waals surface area contributed by atoms with Gasteiger partial charge in [-0.15, -0.1) is 22.7 Å². The van der Waals surface area contributed by atoms with Gasteiger partial charge in [-0.1, -0.05) is 41.9 Å². The maximum absolute atomic E-state index is 6.09. The minimum Gasteiger partial charge on any atom is -0.278 e. The van der Waals surface area contributed by atoms with Crippen LogP contribution in [-0.2, 0) is 0 Å². The summed E-state index contributed by atoms with van der Waals surface area (Å²) in [4.78, 5) is 9.56. The molecule has 0 spiro atoms. The number of benzene rings is 3. The Labute approximate surface area is 174 Å². The number of hydrogen-bond donors (Lipinski definition) is 1. The standard InChI is InChI=1S/C21H13ClN4S2/c22-13-6-5-7-14(12-13)25-26-19(20-23-15-8-1-3-10-17(15)27-20)21-24-16-9-2-4-11-18(16)28-21/h1-12,25H. The number of para-hydroxylation sites is 2. The minimum absolute atomic E-state index is 0.654. The molecule has 7 heteroatoms. The summed E-state index contributed by atoms with van der Waals surface area (Å²) in [6, 6.07) is 23.6. The third-order valence-electron chi connectivity index (χ3n) is 4.11. The van der Waals surface area contributed by atoms with E-state index in [0.717, 1.165) is 41.8 Å². The molecule has 2 heterocycles. The molecular formula is C21H13ClN4S2. The molecular weight excluding hydrogens is 408 g/mol. The van der Waals surface area contributed by atoms with Crippen molar-refractivity contribution in [2.45, 2.75) is 0 Å². The number of thiazole rings is 2. The third-order valence-corrected chi connectivity index (χ3v) is 6.44. The third kappa shape index (κ3) is 3.38. The topological polar surface area (TPSA) is 50.2 Å². The van der Waals surface area contributed by atoms with Gasteiger partial charge in [-0.2, -0.15) is 5.10 Å². The Kier molecular flexibility index (Phi) is 4.52. The number of nitrogens with one attached hydrogen (secondary N) is 1. The van der Waals surface area contributed by atoms with Crippen LogP contribution < -0.4 is 5.43 Å². The number of hydrazone groups is 1. The largest absolute Gasteiger partial charge is 0.278 e. The van der Waals surface area contributed by atoms with Crippen molar-refractivity contribution in [2.75, 3.05) is 5.43 Å². The van der Waals surface area contributed by atoms with Crippen molar-refractivity contribution in [1.29, 1.82) is 0 Å². The number of hydrogen-bond acceptors (Lipinski definition) is 6.